The van der Waals surface area contributed by atoms with E-state index in [1.807, 2.05) is 0 Å². The number of aliphatic hydroxyl groups is 1. The van der Waals surface area contributed by atoms with E-state index in [1.165, 1.54) is 27.8 Å². The predicted octanol–water partition coefficient (Wildman–Crippen LogP) is 4.04. The van der Waals surface area contributed by atoms with Gasteiger partial charge in [0.05, 0.1) is 0 Å². The van der Waals surface area contributed by atoms with Crippen molar-refractivity contribution in [1.82, 2.24) is 0 Å². The van der Waals surface area contributed by atoms with Crippen LogP contribution in [-0.4, -0.2) is 11.7 Å². The summed E-state index contributed by atoms with van der Waals surface area (Å²) < 4.78 is 0. The lowest BCUT2D eigenvalue weighted by molar-refractivity contribution is 0.248. The molecule has 0 aromatic heterocycles. The van der Waals surface area contributed by atoms with Gasteiger partial charge < -0.3 is 5.11 Å². The van der Waals surface area contributed by atoms with Crippen LogP contribution in [0.15, 0.2) is 6.07 Å². The second-order valence-corrected chi connectivity index (χ2v) is 5.68. The first-order valence-electron chi connectivity index (χ1n) is 6.56. The number of rotatable bonds is 4. The number of hydrogen-bond acceptors (Lipinski definition) is 1. The van der Waals surface area contributed by atoms with Crippen molar-refractivity contribution >= 4 is 0 Å². The Morgan fingerprint density at radius 2 is 1.47 bits per heavy atom. The molecule has 1 atom stereocenters. The van der Waals surface area contributed by atoms with Gasteiger partial charge in [0.15, 0.2) is 0 Å². The average molecular weight is 234 g/mol. The maximum Gasteiger partial charge on any atom is 0.0500 e. The molecular weight excluding hydrogens is 208 g/mol. The molecule has 1 rings (SSSR count). The van der Waals surface area contributed by atoms with E-state index in [1.54, 1.807) is 0 Å². The van der Waals surface area contributed by atoms with E-state index in [0.29, 0.717) is 5.92 Å². The Morgan fingerprint density at radius 1 is 1.00 bits per heavy atom. The molecule has 0 bridgehead atoms. The van der Waals surface area contributed by atoms with Crippen molar-refractivity contribution in [3.8, 4) is 0 Å². The normalized spacial score (nSPS) is 13.2. The minimum absolute atomic E-state index is 0.253. The Labute approximate surface area is 106 Å². The molecule has 0 saturated carbocycles. The van der Waals surface area contributed by atoms with Gasteiger partial charge in [-0.05, 0) is 67.9 Å². The van der Waals surface area contributed by atoms with Gasteiger partial charge in [0.25, 0.3) is 0 Å². The third kappa shape index (κ3) is 3.10. The summed E-state index contributed by atoms with van der Waals surface area (Å²) >= 11 is 0. The number of aryl methyl sites for hydroxylation is 2. The molecule has 96 valence electrons. The highest BCUT2D eigenvalue weighted by Gasteiger charge is 2.19. The molecule has 0 aliphatic carbocycles. The van der Waals surface area contributed by atoms with E-state index < -0.39 is 0 Å². The molecule has 1 aromatic carbocycles. The number of aliphatic hydroxyl groups excluding tert-OH is 1. The van der Waals surface area contributed by atoms with Gasteiger partial charge in [0.2, 0.25) is 0 Å². The highest BCUT2D eigenvalue weighted by Crippen LogP contribution is 2.32. The quantitative estimate of drug-likeness (QED) is 0.833. The molecule has 1 nitrogen and oxygen atoms in total. The van der Waals surface area contributed by atoms with Crippen molar-refractivity contribution in [2.45, 2.75) is 53.9 Å². The second kappa shape index (κ2) is 5.68. The Morgan fingerprint density at radius 3 is 1.82 bits per heavy atom. The lowest BCUT2D eigenvalue weighted by Gasteiger charge is -2.24. The maximum absolute atomic E-state index is 9.66. The molecule has 0 radical (unpaired) electrons. The molecule has 0 spiro atoms. The Hall–Kier alpha value is -0.820. The van der Waals surface area contributed by atoms with Crippen LogP contribution < -0.4 is 0 Å². The lowest BCUT2D eigenvalue weighted by atomic mass is 9.82. The minimum Gasteiger partial charge on any atom is -0.396 e. The maximum atomic E-state index is 9.66. The van der Waals surface area contributed by atoms with Gasteiger partial charge >= 0.3 is 0 Å². The molecule has 1 unspecified atom stereocenters. The van der Waals surface area contributed by atoms with Crippen LogP contribution in [0.5, 0.6) is 0 Å². The number of benzene rings is 1. The Kier molecular flexibility index (Phi) is 4.76. The molecule has 0 heterocycles. The fraction of sp³-hybridized carbons (Fsp3) is 0.625. The predicted molar refractivity (Wildman–Crippen MR) is 74.7 cm³/mol. The fourth-order valence-electron chi connectivity index (χ4n) is 2.71. The smallest absolute Gasteiger partial charge is 0.0500 e. The third-order valence-corrected chi connectivity index (χ3v) is 3.81. The zero-order chi connectivity index (χ0) is 13.2. The van der Waals surface area contributed by atoms with Crippen molar-refractivity contribution < 1.29 is 5.11 Å². The summed E-state index contributed by atoms with van der Waals surface area (Å²) in [6, 6.07) is 2.25. The summed E-state index contributed by atoms with van der Waals surface area (Å²) in [5, 5.41) is 9.66. The van der Waals surface area contributed by atoms with Crippen LogP contribution in [-0.2, 0) is 0 Å². The number of hydrogen-bond donors (Lipinski definition) is 1. The van der Waals surface area contributed by atoms with Crippen molar-refractivity contribution in [2.24, 2.45) is 5.92 Å². The van der Waals surface area contributed by atoms with Crippen molar-refractivity contribution in [3.63, 3.8) is 0 Å². The largest absolute Gasteiger partial charge is 0.396 e. The summed E-state index contributed by atoms with van der Waals surface area (Å²) in [6.07, 6.45) is 1.06. The third-order valence-electron chi connectivity index (χ3n) is 3.81. The summed E-state index contributed by atoms with van der Waals surface area (Å²) in [5.74, 6) is 0.903. The van der Waals surface area contributed by atoms with Crippen LogP contribution in [0.4, 0.5) is 0 Å². The van der Waals surface area contributed by atoms with Crippen molar-refractivity contribution in [1.29, 1.82) is 0 Å². The molecule has 17 heavy (non-hydrogen) atoms. The molecule has 0 saturated heterocycles. The molecule has 0 fully saturated rings. The molecule has 1 aromatic rings. The van der Waals surface area contributed by atoms with E-state index in [2.05, 4.69) is 47.6 Å². The Balaban J connectivity index is 3.27. The highest BCUT2D eigenvalue weighted by molar-refractivity contribution is 5.46. The van der Waals surface area contributed by atoms with Crippen molar-refractivity contribution in [2.75, 3.05) is 6.61 Å². The molecule has 0 aliphatic heterocycles. The van der Waals surface area contributed by atoms with E-state index >= 15 is 0 Å². The van der Waals surface area contributed by atoms with Crippen molar-refractivity contribution in [3.05, 3.63) is 33.9 Å². The minimum atomic E-state index is 0.253. The van der Waals surface area contributed by atoms with Gasteiger partial charge in [-0.25, -0.2) is 0 Å². The first-order valence-corrected chi connectivity index (χ1v) is 6.56. The summed E-state index contributed by atoms with van der Waals surface area (Å²) in [7, 11) is 0. The molecule has 0 amide bonds. The van der Waals surface area contributed by atoms with E-state index in [0.717, 1.165) is 6.42 Å². The standard InChI is InChI=1S/C16H26O/c1-10(2)7-15(9-17)16-13(5)11(3)8-12(4)14(16)6/h8,10,15,17H,7,9H2,1-6H3. The van der Waals surface area contributed by atoms with Gasteiger partial charge in [-0.1, -0.05) is 19.9 Å². The van der Waals surface area contributed by atoms with Gasteiger partial charge in [0.1, 0.15) is 0 Å². The van der Waals surface area contributed by atoms with E-state index in [4.69, 9.17) is 0 Å². The lowest BCUT2D eigenvalue weighted by Crippen LogP contribution is -2.12. The summed E-state index contributed by atoms with van der Waals surface area (Å²) in [5.41, 5.74) is 6.76. The zero-order valence-corrected chi connectivity index (χ0v) is 12.1. The van der Waals surface area contributed by atoms with Crippen LogP contribution in [0.1, 0.15) is 54.0 Å². The van der Waals surface area contributed by atoms with Gasteiger partial charge in [-0.3, -0.25) is 0 Å². The highest BCUT2D eigenvalue weighted by atomic mass is 16.3. The molecule has 0 aliphatic rings. The zero-order valence-electron chi connectivity index (χ0n) is 12.1. The van der Waals surface area contributed by atoms with Crippen LogP contribution in [0, 0.1) is 33.6 Å². The topological polar surface area (TPSA) is 20.2 Å². The van der Waals surface area contributed by atoms with Gasteiger partial charge in [-0.2, -0.15) is 0 Å². The van der Waals surface area contributed by atoms with Gasteiger partial charge in [-0.15, -0.1) is 0 Å². The molecule has 1 heteroatoms. The van der Waals surface area contributed by atoms with E-state index in [-0.39, 0.29) is 12.5 Å². The van der Waals surface area contributed by atoms with E-state index in [9.17, 15) is 5.11 Å². The summed E-state index contributed by atoms with van der Waals surface area (Å²) in [6.45, 7) is 13.4. The monoisotopic (exact) mass is 234 g/mol. The molecule has 1 N–H and O–H groups in total. The average Bonchev–Trinajstić information content (AvgIpc) is 2.24. The SMILES string of the molecule is Cc1cc(C)c(C)c(C(CO)CC(C)C)c1C. The summed E-state index contributed by atoms with van der Waals surface area (Å²) in [4.78, 5) is 0. The van der Waals surface area contributed by atoms with Crippen LogP contribution in [0.3, 0.4) is 0 Å². The van der Waals surface area contributed by atoms with Gasteiger partial charge in [0, 0.05) is 12.5 Å². The first-order chi connectivity index (χ1) is 7.88. The second-order valence-electron chi connectivity index (χ2n) is 5.68. The molecular formula is C16H26O. The van der Waals surface area contributed by atoms with Crippen LogP contribution >= 0.6 is 0 Å². The Bertz CT molecular complexity index is 365. The van der Waals surface area contributed by atoms with Crippen LogP contribution in [0.2, 0.25) is 0 Å². The van der Waals surface area contributed by atoms with Crippen LogP contribution in [0.25, 0.3) is 0 Å². The first kappa shape index (κ1) is 14.2. The fourth-order valence-corrected chi connectivity index (χ4v) is 2.71.